The standard InChI is InChI=1S/C18H19FN4O6S/c1-10(24)20-6-12-7-22(18(27)29-12)11-3-4-13(14(19)5-11)17-21-23(8-16(26)28-2)15(25)9-30-17/h3-5,12H,6-9H2,1-2H3,(H,20,24). The molecular weight excluding hydrogens is 419 g/mol. The molecule has 2 aliphatic rings. The number of methoxy groups -OCH3 is 1. The molecule has 10 nitrogen and oxygen atoms in total. The zero-order chi connectivity index (χ0) is 21.8. The molecule has 1 N–H and O–H groups in total. The van der Waals surface area contributed by atoms with E-state index in [4.69, 9.17) is 4.74 Å². The van der Waals surface area contributed by atoms with Crippen molar-refractivity contribution in [3.63, 3.8) is 0 Å². The number of halogens is 1. The van der Waals surface area contributed by atoms with Crippen LogP contribution in [0.15, 0.2) is 23.3 Å². The van der Waals surface area contributed by atoms with E-state index in [0.717, 1.165) is 16.8 Å². The van der Waals surface area contributed by atoms with Crippen LogP contribution in [0.25, 0.3) is 0 Å². The van der Waals surface area contributed by atoms with E-state index >= 15 is 0 Å². The fourth-order valence-corrected chi connectivity index (χ4v) is 3.67. The lowest BCUT2D eigenvalue weighted by Gasteiger charge is -2.22. The Balaban J connectivity index is 1.76. The van der Waals surface area contributed by atoms with Crippen molar-refractivity contribution in [2.75, 3.05) is 37.4 Å². The van der Waals surface area contributed by atoms with Gasteiger partial charge in [-0.25, -0.2) is 14.2 Å². The molecule has 0 aliphatic carbocycles. The van der Waals surface area contributed by atoms with Gasteiger partial charge in [-0.15, -0.1) is 0 Å². The van der Waals surface area contributed by atoms with E-state index in [0.29, 0.717) is 0 Å². The number of carbonyl (C=O) groups is 4. The second-order valence-corrected chi connectivity index (χ2v) is 7.40. The van der Waals surface area contributed by atoms with Gasteiger partial charge in [0, 0.05) is 12.5 Å². The summed E-state index contributed by atoms with van der Waals surface area (Å²) in [5.74, 6) is -1.93. The number of cyclic esters (lactones) is 1. The molecule has 0 radical (unpaired) electrons. The van der Waals surface area contributed by atoms with Crippen LogP contribution in [-0.2, 0) is 23.9 Å². The van der Waals surface area contributed by atoms with Gasteiger partial charge < -0.3 is 14.8 Å². The number of carbonyl (C=O) groups excluding carboxylic acids is 4. The zero-order valence-corrected chi connectivity index (χ0v) is 17.0. The molecule has 30 heavy (non-hydrogen) atoms. The van der Waals surface area contributed by atoms with Crippen LogP contribution < -0.4 is 10.2 Å². The third-order valence-electron chi connectivity index (χ3n) is 4.29. The van der Waals surface area contributed by atoms with Gasteiger partial charge in [-0.3, -0.25) is 19.3 Å². The van der Waals surface area contributed by atoms with Crippen LogP contribution >= 0.6 is 11.8 Å². The second kappa shape index (κ2) is 9.11. The number of nitrogens with one attached hydrogen (secondary N) is 1. The number of rotatable bonds is 6. The third kappa shape index (κ3) is 4.87. The first-order valence-electron chi connectivity index (χ1n) is 8.89. The van der Waals surface area contributed by atoms with Crippen LogP contribution in [0.3, 0.4) is 0 Å². The highest BCUT2D eigenvalue weighted by atomic mass is 32.2. The van der Waals surface area contributed by atoms with Crippen molar-refractivity contribution in [2.24, 2.45) is 5.10 Å². The molecule has 2 heterocycles. The molecule has 1 atom stereocenters. The molecule has 0 aromatic heterocycles. The first kappa shape index (κ1) is 21.6. The molecule has 0 spiro atoms. The highest BCUT2D eigenvalue weighted by Crippen LogP contribution is 2.27. The minimum atomic E-state index is -0.649. The number of benzene rings is 1. The number of amides is 3. The average molecular weight is 438 g/mol. The summed E-state index contributed by atoms with van der Waals surface area (Å²) in [7, 11) is 1.19. The Morgan fingerprint density at radius 3 is 2.83 bits per heavy atom. The molecule has 0 bridgehead atoms. The Morgan fingerprint density at radius 2 is 2.17 bits per heavy atom. The molecule has 3 rings (SSSR count). The Morgan fingerprint density at radius 1 is 1.40 bits per heavy atom. The van der Waals surface area contributed by atoms with Crippen molar-refractivity contribution < 1.29 is 33.0 Å². The van der Waals surface area contributed by atoms with E-state index in [1.807, 2.05) is 0 Å². The van der Waals surface area contributed by atoms with Crippen molar-refractivity contribution in [1.82, 2.24) is 10.3 Å². The van der Waals surface area contributed by atoms with E-state index in [9.17, 15) is 23.6 Å². The van der Waals surface area contributed by atoms with Gasteiger partial charge in [-0.1, -0.05) is 11.8 Å². The van der Waals surface area contributed by atoms with Gasteiger partial charge in [0.2, 0.25) is 5.91 Å². The number of hydrazone groups is 1. The smallest absolute Gasteiger partial charge is 0.414 e. The first-order valence-corrected chi connectivity index (χ1v) is 9.88. The quantitative estimate of drug-likeness (QED) is 0.650. The fraction of sp³-hybridized carbons (Fsp3) is 0.389. The van der Waals surface area contributed by atoms with Crippen LogP contribution in [0.5, 0.6) is 0 Å². The summed E-state index contributed by atoms with van der Waals surface area (Å²) in [4.78, 5) is 47.7. The van der Waals surface area contributed by atoms with Gasteiger partial charge >= 0.3 is 12.1 Å². The molecule has 1 aromatic rings. The van der Waals surface area contributed by atoms with Gasteiger partial charge in [0.25, 0.3) is 5.91 Å². The maximum absolute atomic E-state index is 14.8. The molecule has 1 fully saturated rings. The van der Waals surface area contributed by atoms with E-state index in [1.54, 1.807) is 0 Å². The summed E-state index contributed by atoms with van der Waals surface area (Å²) in [5.41, 5.74) is 0.420. The number of hydrogen-bond donors (Lipinski definition) is 1. The highest BCUT2D eigenvalue weighted by molar-refractivity contribution is 8.15. The van der Waals surface area contributed by atoms with Crippen LogP contribution in [0.1, 0.15) is 12.5 Å². The molecule has 160 valence electrons. The molecule has 2 aliphatic heterocycles. The number of anilines is 1. The third-order valence-corrected chi connectivity index (χ3v) is 5.25. The molecule has 1 aromatic carbocycles. The van der Waals surface area contributed by atoms with Crippen molar-refractivity contribution >= 4 is 46.4 Å². The largest absolute Gasteiger partial charge is 0.468 e. The second-order valence-electron chi connectivity index (χ2n) is 6.44. The van der Waals surface area contributed by atoms with Gasteiger partial charge in [-0.05, 0) is 18.2 Å². The van der Waals surface area contributed by atoms with Gasteiger partial charge in [0.05, 0.1) is 31.6 Å². The lowest BCUT2D eigenvalue weighted by atomic mass is 10.2. The Hall–Kier alpha value is -3.15. The Bertz CT molecular complexity index is 924. The van der Waals surface area contributed by atoms with E-state index in [2.05, 4.69) is 15.2 Å². The lowest BCUT2D eigenvalue weighted by Crippen LogP contribution is -2.37. The highest BCUT2D eigenvalue weighted by Gasteiger charge is 2.33. The number of hydrogen-bond acceptors (Lipinski definition) is 8. The van der Waals surface area contributed by atoms with E-state index < -0.39 is 29.9 Å². The average Bonchev–Trinajstić information content (AvgIpc) is 3.08. The van der Waals surface area contributed by atoms with E-state index in [1.165, 1.54) is 37.1 Å². The van der Waals surface area contributed by atoms with Gasteiger partial charge in [-0.2, -0.15) is 5.10 Å². The van der Waals surface area contributed by atoms with Gasteiger partial charge in [0.15, 0.2) is 0 Å². The first-order chi connectivity index (χ1) is 14.3. The summed E-state index contributed by atoms with van der Waals surface area (Å²) in [6.07, 6.45) is -1.18. The predicted octanol–water partition coefficient (Wildman–Crippen LogP) is 0.697. The number of esters is 1. The maximum atomic E-state index is 14.8. The summed E-state index contributed by atoms with van der Waals surface area (Å²) in [6, 6.07) is 4.14. The fourth-order valence-electron chi connectivity index (χ4n) is 2.78. The molecule has 3 amide bonds. The number of ether oxygens (including phenoxy) is 2. The van der Waals surface area contributed by atoms with Crippen molar-refractivity contribution in [3.8, 4) is 0 Å². The van der Waals surface area contributed by atoms with Crippen molar-refractivity contribution in [1.29, 1.82) is 0 Å². The minimum absolute atomic E-state index is 0.000296. The van der Waals surface area contributed by atoms with E-state index in [-0.39, 0.29) is 47.6 Å². The van der Waals surface area contributed by atoms with Crippen molar-refractivity contribution in [2.45, 2.75) is 13.0 Å². The molecule has 12 heteroatoms. The SMILES string of the molecule is COC(=O)CN1N=C(c2ccc(N3CC(CNC(C)=O)OC3=O)cc2F)SCC1=O. The normalized spacial score (nSPS) is 18.8. The summed E-state index contributed by atoms with van der Waals surface area (Å²) in [6.45, 7) is 1.31. The number of thioether (sulfide) groups is 1. The Labute approximate surface area is 175 Å². The monoisotopic (exact) mass is 438 g/mol. The molecule has 1 unspecified atom stereocenters. The molecular formula is C18H19FN4O6S. The van der Waals surface area contributed by atoms with Crippen LogP contribution in [0, 0.1) is 5.82 Å². The summed E-state index contributed by atoms with van der Waals surface area (Å²) < 4.78 is 24.5. The maximum Gasteiger partial charge on any atom is 0.414 e. The van der Waals surface area contributed by atoms with Crippen LogP contribution in [0.2, 0.25) is 0 Å². The van der Waals surface area contributed by atoms with Crippen LogP contribution in [-0.4, -0.2) is 72.5 Å². The molecule has 1 saturated heterocycles. The van der Waals surface area contributed by atoms with Gasteiger partial charge in [0.1, 0.15) is 23.5 Å². The predicted molar refractivity (Wildman–Crippen MR) is 105 cm³/mol. The van der Waals surface area contributed by atoms with Crippen molar-refractivity contribution in [3.05, 3.63) is 29.6 Å². The summed E-state index contributed by atoms with van der Waals surface area (Å²) >= 11 is 1.05. The lowest BCUT2D eigenvalue weighted by molar-refractivity contribution is -0.146. The minimum Gasteiger partial charge on any atom is -0.468 e. The Kier molecular flexibility index (Phi) is 6.55. The summed E-state index contributed by atoms with van der Waals surface area (Å²) in [5, 5.41) is 7.79. The van der Waals surface area contributed by atoms with Crippen LogP contribution in [0.4, 0.5) is 14.9 Å². The zero-order valence-electron chi connectivity index (χ0n) is 16.2. The topological polar surface area (TPSA) is 118 Å². The molecule has 0 saturated carbocycles. The number of nitrogens with zero attached hydrogens (tertiary/aromatic N) is 3.